The van der Waals surface area contributed by atoms with Gasteiger partial charge >= 0.3 is 0 Å². The Kier molecular flexibility index (Phi) is 22.9. The van der Waals surface area contributed by atoms with E-state index in [2.05, 4.69) is 198 Å². The summed E-state index contributed by atoms with van der Waals surface area (Å²) in [6.45, 7) is 16.1. The van der Waals surface area contributed by atoms with E-state index < -0.39 is 33.8 Å². The predicted molar refractivity (Wildman–Crippen MR) is 451 cm³/mol. The lowest BCUT2D eigenvalue weighted by atomic mass is 9.84. The van der Waals surface area contributed by atoms with E-state index in [-0.39, 0.29) is 64.4 Å². The summed E-state index contributed by atoms with van der Waals surface area (Å²) in [4.78, 5) is 51.8. The summed E-state index contributed by atoms with van der Waals surface area (Å²) >= 11 is 7.22. The minimum Gasteiger partial charge on any atom is -0.497 e. The number of imidazole rings is 2. The number of aliphatic hydroxyl groups excluding tert-OH is 1. The molecule has 114 heavy (non-hydrogen) atoms. The number of rotatable bonds is 19. The number of amides is 2. The topological polar surface area (TPSA) is 221 Å². The molecule has 2 saturated carbocycles. The molecule has 2 aliphatic heterocycles. The fourth-order valence-electron chi connectivity index (χ4n) is 17.4. The van der Waals surface area contributed by atoms with Crippen molar-refractivity contribution in [3.05, 3.63) is 314 Å². The van der Waals surface area contributed by atoms with Crippen LogP contribution in [0, 0.1) is 17.8 Å². The molecule has 2 saturated heterocycles. The van der Waals surface area contributed by atoms with E-state index in [1.807, 2.05) is 137 Å². The van der Waals surface area contributed by atoms with Crippen LogP contribution in [0.5, 0.6) is 11.5 Å². The van der Waals surface area contributed by atoms with Gasteiger partial charge in [0.25, 0.3) is 28.4 Å². The Morgan fingerprint density at radius 1 is 0.439 bits per heavy atom. The number of hydrogen-bond acceptors (Lipinski definition) is 15. The lowest BCUT2D eigenvalue weighted by molar-refractivity contribution is -0.0525. The van der Waals surface area contributed by atoms with Gasteiger partial charge in [0.1, 0.15) is 41.5 Å². The number of fused-ring (bicyclic) bond motifs is 4. The Morgan fingerprint density at radius 2 is 0.772 bits per heavy atom. The van der Waals surface area contributed by atoms with Crippen LogP contribution in [0.4, 0.5) is 11.6 Å². The van der Waals surface area contributed by atoms with Crippen molar-refractivity contribution in [1.82, 2.24) is 39.0 Å². The van der Waals surface area contributed by atoms with Gasteiger partial charge in [-0.05, 0) is 108 Å². The number of hydrogen-bond donors (Lipinski definition) is 3. The normalized spacial score (nSPS) is 20.7. The molecule has 3 N–H and O–H groups in total. The van der Waals surface area contributed by atoms with E-state index in [1.165, 1.54) is 33.4 Å². The van der Waals surface area contributed by atoms with E-state index in [0.717, 1.165) is 41.0 Å². The summed E-state index contributed by atoms with van der Waals surface area (Å²) < 4.78 is 42.8. The van der Waals surface area contributed by atoms with E-state index in [1.54, 1.807) is 51.1 Å². The highest BCUT2D eigenvalue weighted by molar-refractivity contribution is 7.00. The van der Waals surface area contributed by atoms with Gasteiger partial charge in [-0.2, -0.15) is 0 Å². The number of anilines is 2. The van der Waals surface area contributed by atoms with Gasteiger partial charge in [-0.1, -0.05) is 261 Å². The molecule has 13 aromatic rings. The zero-order chi connectivity index (χ0) is 79.4. The molecule has 0 radical (unpaired) electrons. The maximum atomic E-state index is 12.9. The van der Waals surface area contributed by atoms with Gasteiger partial charge in [-0.3, -0.25) is 18.7 Å². The number of methoxy groups -OCH3 is 2. The number of benzene rings is 9. The van der Waals surface area contributed by atoms with Crippen molar-refractivity contribution in [3.63, 3.8) is 0 Å². The van der Waals surface area contributed by atoms with Gasteiger partial charge in [-0.15, -0.1) is 11.6 Å². The molecule has 9 aromatic carbocycles. The molecule has 4 fully saturated rings. The Hall–Kier alpha value is -10.9. The number of nitrogens with one attached hydrogen (secondary N) is 2. The van der Waals surface area contributed by atoms with Crippen LogP contribution in [0.15, 0.2) is 286 Å². The second-order valence-electron chi connectivity index (χ2n) is 31.8. The lowest BCUT2D eigenvalue weighted by Crippen LogP contribution is -2.68. The van der Waals surface area contributed by atoms with Crippen molar-refractivity contribution in [3.8, 4) is 11.5 Å². The van der Waals surface area contributed by atoms with Gasteiger partial charge in [-0.25, -0.2) is 29.9 Å². The third kappa shape index (κ3) is 15.3. The van der Waals surface area contributed by atoms with Crippen molar-refractivity contribution >= 4 is 94.8 Å². The first-order valence-corrected chi connectivity index (χ1v) is 43.1. The molecule has 17 rings (SSSR count). The highest BCUT2D eigenvalue weighted by atomic mass is 35.5. The van der Waals surface area contributed by atoms with Crippen molar-refractivity contribution in [1.29, 1.82) is 0 Å². The van der Waals surface area contributed by atoms with Crippen LogP contribution in [-0.2, 0) is 23.2 Å². The zero-order valence-corrected chi connectivity index (χ0v) is 68.2. The zero-order valence-electron chi connectivity index (χ0n) is 65.4. The molecule has 19 nitrogen and oxygen atoms in total. The molecule has 22 heteroatoms. The summed E-state index contributed by atoms with van der Waals surface area (Å²) in [6.07, 6.45) is 7.42. The fraction of sp³-hybridized carbons (Fsp3) is 0.283. The SMILES string of the molecule is CC(C)(C)[Si](O[C@@H]1C[C@@H](O)[C@H]2O[C@@H](n3cnc4c(NC(=O)c5ccccc5)ncnc43)C[C@H]21)(c1ccccc1)c1ccccc1.COc1ccc(C(Cl)(c2ccccc2)c2ccc(OC)cc2)cc1.C[C@@H]1C[C@@H](O[Si](c2ccccc2)(c2ccccc2)C(C)(C)C)[C@@H]2C[C@H](n3cnc4c(NC(=O)c5ccccc5)ncnc43)O[C@@H]21. The summed E-state index contributed by atoms with van der Waals surface area (Å²) in [7, 11) is -2.24. The highest BCUT2D eigenvalue weighted by Crippen LogP contribution is 2.52. The third-order valence-electron chi connectivity index (χ3n) is 22.9. The quantitative estimate of drug-likeness (QED) is 0.0389. The monoisotopic (exact) mass is 1570 g/mol. The molecular weight excluding hydrogens is 1480 g/mol. The van der Waals surface area contributed by atoms with Crippen LogP contribution in [-0.4, -0.2) is 117 Å². The minimum atomic E-state index is -2.83. The minimum absolute atomic E-state index is 0.0248. The maximum absolute atomic E-state index is 12.9. The van der Waals surface area contributed by atoms with Gasteiger partial charge < -0.3 is 43.5 Å². The lowest BCUT2D eigenvalue weighted by Gasteiger charge is -2.45. The van der Waals surface area contributed by atoms with E-state index in [0.29, 0.717) is 63.8 Å². The van der Waals surface area contributed by atoms with Crippen molar-refractivity contribution in [2.45, 2.75) is 132 Å². The van der Waals surface area contributed by atoms with Gasteiger partial charge in [0.05, 0.1) is 57.4 Å². The molecule has 2 aliphatic carbocycles. The second-order valence-corrected chi connectivity index (χ2v) is 40.9. The number of ether oxygens (including phenoxy) is 4. The van der Waals surface area contributed by atoms with Gasteiger partial charge in [0.15, 0.2) is 34.0 Å². The largest absolute Gasteiger partial charge is 0.497 e. The van der Waals surface area contributed by atoms with Crippen molar-refractivity contribution in [2.75, 3.05) is 24.9 Å². The molecule has 6 heterocycles. The van der Waals surface area contributed by atoms with Crippen molar-refractivity contribution < 1.29 is 42.5 Å². The molecule has 2 amide bonds. The first kappa shape index (κ1) is 78.4. The number of alkyl halides is 1. The van der Waals surface area contributed by atoms with E-state index in [4.69, 9.17) is 39.4 Å². The van der Waals surface area contributed by atoms with Crippen LogP contribution >= 0.6 is 11.6 Å². The maximum Gasteiger partial charge on any atom is 0.261 e. The summed E-state index contributed by atoms with van der Waals surface area (Å²) in [5.41, 5.74) is 6.27. The van der Waals surface area contributed by atoms with Gasteiger partial charge in [0, 0.05) is 42.2 Å². The number of nitrogens with zero attached hydrogens (tertiary/aromatic N) is 8. The Morgan fingerprint density at radius 3 is 1.14 bits per heavy atom. The number of halogens is 1. The molecule has 10 atom stereocenters. The fourth-order valence-corrected chi connectivity index (χ4v) is 27.3. The molecule has 4 aliphatic rings. The molecule has 4 aromatic heterocycles. The van der Waals surface area contributed by atoms with Crippen LogP contribution in [0.25, 0.3) is 22.3 Å². The number of aromatic nitrogens is 8. The first-order valence-electron chi connectivity index (χ1n) is 38.9. The predicted octanol–water partition coefficient (Wildman–Crippen LogP) is 15.9. The molecular formula is C92H95ClN10O9Si2. The van der Waals surface area contributed by atoms with Crippen LogP contribution < -0.4 is 40.9 Å². The summed E-state index contributed by atoms with van der Waals surface area (Å²) in [5.74, 6) is 2.35. The standard InChI is InChI=1S/C36H39N5O3Si.C35H37N5O4Si.C21H19ClO2/c1-24-20-29(44-45(36(2,3)4,26-16-10-6-11-17-26)27-18-12-7-13-19-27)28-21-30(43-32(24)28)41-23-39-31-33(37-22-38-34(31)41)40-35(42)25-14-8-5-9-15-25;1-35(2,3)45(24-15-9-5-10-16-24,25-17-11-6-12-18-25)44-28-20-27(41)31-26(28)19-29(43-31)40-22-38-30-32(36-21-37-33(30)40)39-34(42)23-13-7-4-8-14-23;1-23-19-12-8-17(9-13-19)21(22,16-6-4-3-5-7-16)18-10-14-20(24-2)15-11-18/h5-19,22-24,28-30,32H,20-21H2,1-4H3,(H,37,38,40,42);4-18,21-22,26-29,31,41H,19-20H2,1-3H3,(H,36,37,39,42);3-15H,1-2H3/t24-,28+,29-,30-,32-;26-,27+,28+,29+,31-;/m10./s1. The number of carbonyl (C=O) groups is 2. The van der Waals surface area contributed by atoms with Crippen LogP contribution in [0.2, 0.25) is 10.1 Å². The Labute approximate surface area is 672 Å². The van der Waals surface area contributed by atoms with Crippen molar-refractivity contribution in [2.24, 2.45) is 17.8 Å². The van der Waals surface area contributed by atoms with Crippen LogP contribution in [0.1, 0.15) is 124 Å². The van der Waals surface area contributed by atoms with Gasteiger partial charge in [0.2, 0.25) is 0 Å². The number of carbonyl (C=O) groups excluding carboxylic acids is 2. The summed E-state index contributed by atoms with van der Waals surface area (Å²) in [6, 6.07) is 86.7. The molecule has 0 unspecified atom stereocenters. The Balaban J connectivity index is 0.000000141. The number of aliphatic hydroxyl groups is 1. The first-order chi connectivity index (χ1) is 55.2. The van der Waals surface area contributed by atoms with E-state index in [9.17, 15) is 14.7 Å². The second kappa shape index (κ2) is 33.3. The summed E-state index contributed by atoms with van der Waals surface area (Å²) in [5, 5.41) is 21.8. The van der Waals surface area contributed by atoms with E-state index >= 15 is 0 Å². The third-order valence-corrected chi connectivity index (χ3v) is 33.7. The van der Waals surface area contributed by atoms with Crippen LogP contribution in [0.3, 0.4) is 0 Å². The average Bonchev–Trinajstić information content (AvgIpc) is 1.35. The Bertz CT molecular complexity index is 5010. The molecule has 0 bridgehead atoms. The average molecular weight is 1580 g/mol. The highest BCUT2D eigenvalue weighted by Gasteiger charge is 2.59. The molecule has 582 valence electrons. The molecule has 0 spiro atoms. The smallest absolute Gasteiger partial charge is 0.261 e.